The van der Waals surface area contributed by atoms with Crippen LogP contribution in [0.2, 0.25) is 0 Å². The summed E-state index contributed by atoms with van der Waals surface area (Å²) in [7, 11) is 0. The number of aromatic nitrogens is 1. The number of benzene rings is 2. The molecule has 4 heteroatoms. The van der Waals surface area contributed by atoms with E-state index < -0.39 is 12.0 Å². The predicted octanol–water partition coefficient (Wildman–Crippen LogP) is 4.40. The van der Waals surface area contributed by atoms with Crippen LogP contribution in [0.25, 0.3) is 21.8 Å². The van der Waals surface area contributed by atoms with E-state index in [1.807, 2.05) is 13.8 Å². The molecule has 1 aromatic heterocycles. The average molecular weight is 338 g/mol. The van der Waals surface area contributed by atoms with Gasteiger partial charge < -0.3 is 15.0 Å². The zero-order chi connectivity index (χ0) is 18.0. The highest BCUT2D eigenvalue weighted by Crippen LogP contribution is 2.29. The van der Waals surface area contributed by atoms with Crippen LogP contribution in [0.4, 0.5) is 0 Å². The van der Waals surface area contributed by atoms with Crippen molar-refractivity contribution in [2.45, 2.75) is 46.3 Å². The first-order valence-corrected chi connectivity index (χ1v) is 8.97. The SMILES string of the molecule is CCn1c2ccccc2c2cc(CN[C@H](CC(C)C)C(=O)O)ccc21. The monoisotopic (exact) mass is 338 g/mol. The van der Waals surface area contributed by atoms with Crippen LogP contribution in [0.3, 0.4) is 0 Å². The van der Waals surface area contributed by atoms with Crippen molar-refractivity contribution in [3.8, 4) is 0 Å². The van der Waals surface area contributed by atoms with Gasteiger partial charge in [0, 0.05) is 34.9 Å². The van der Waals surface area contributed by atoms with Crippen LogP contribution in [0, 0.1) is 5.92 Å². The molecular weight excluding hydrogens is 312 g/mol. The maximum Gasteiger partial charge on any atom is 0.320 e. The third-order valence-electron chi connectivity index (χ3n) is 4.71. The number of carboxylic acids is 1. The number of aliphatic carboxylic acids is 1. The van der Waals surface area contributed by atoms with E-state index >= 15 is 0 Å². The van der Waals surface area contributed by atoms with Gasteiger partial charge in [-0.05, 0) is 43.0 Å². The van der Waals surface area contributed by atoms with E-state index in [0.717, 1.165) is 12.1 Å². The number of nitrogens with one attached hydrogen (secondary N) is 1. The lowest BCUT2D eigenvalue weighted by Gasteiger charge is -2.16. The van der Waals surface area contributed by atoms with E-state index in [9.17, 15) is 9.90 Å². The molecular formula is C21H26N2O2. The Kier molecular flexibility index (Phi) is 5.09. The molecule has 0 aliphatic rings. The highest BCUT2D eigenvalue weighted by Gasteiger charge is 2.18. The van der Waals surface area contributed by atoms with E-state index in [-0.39, 0.29) is 0 Å². The van der Waals surface area contributed by atoms with Gasteiger partial charge in [0.15, 0.2) is 0 Å². The number of aryl methyl sites for hydroxylation is 1. The number of hydrogen-bond donors (Lipinski definition) is 2. The van der Waals surface area contributed by atoms with Crippen LogP contribution in [0.5, 0.6) is 0 Å². The largest absolute Gasteiger partial charge is 0.480 e. The summed E-state index contributed by atoms with van der Waals surface area (Å²) in [5.41, 5.74) is 3.58. The van der Waals surface area contributed by atoms with Crippen LogP contribution in [-0.2, 0) is 17.9 Å². The first-order valence-electron chi connectivity index (χ1n) is 8.97. The van der Waals surface area contributed by atoms with E-state index in [2.05, 4.69) is 59.3 Å². The lowest BCUT2D eigenvalue weighted by atomic mass is 10.0. The van der Waals surface area contributed by atoms with Gasteiger partial charge in [0.25, 0.3) is 0 Å². The summed E-state index contributed by atoms with van der Waals surface area (Å²) in [5.74, 6) is -0.434. The smallest absolute Gasteiger partial charge is 0.320 e. The average Bonchev–Trinajstić information content (AvgIpc) is 2.91. The molecule has 0 amide bonds. The Labute approximate surface area is 148 Å². The Morgan fingerprint density at radius 1 is 1.12 bits per heavy atom. The molecule has 2 N–H and O–H groups in total. The highest BCUT2D eigenvalue weighted by atomic mass is 16.4. The molecule has 0 saturated heterocycles. The van der Waals surface area contributed by atoms with Gasteiger partial charge in [-0.2, -0.15) is 0 Å². The molecule has 0 fully saturated rings. The van der Waals surface area contributed by atoms with Crippen molar-refractivity contribution in [1.29, 1.82) is 0 Å². The third kappa shape index (κ3) is 3.54. The second-order valence-corrected chi connectivity index (χ2v) is 7.01. The van der Waals surface area contributed by atoms with Crippen molar-refractivity contribution in [3.63, 3.8) is 0 Å². The van der Waals surface area contributed by atoms with Crippen LogP contribution >= 0.6 is 0 Å². The molecule has 2 aromatic carbocycles. The van der Waals surface area contributed by atoms with Crippen molar-refractivity contribution in [2.24, 2.45) is 5.92 Å². The zero-order valence-corrected chi connectivity index (χ0v) is 15.1. The molecule has 0 aliphatic heterocycles. The summed E-state index contributed by atoms with van der Waals surface area (Å²) < 4.78 is 2.32. The summed E-state index contributed by atoms with van der Waals surface area (Å²) in [5, 5.41) is 15.1. The highest BCUT2D eigenvalue weighted by molar-refractivity contribution is 6.08. The first-order chi connectivity index (χ1) is 12.0. The Morgan fingerprint density at radius 3 is 2.52 bits per heavy atom. The molecule has 0 spiro atoms. The summed E-state index contributed by atoms with van der Waals surface area (Å²) in [6.45, 7) is 7.74. The number of rotatable bonds is 7. The number of hydrogen-bond acceptors (Lipinski definition) is 2. The number of fused-ring (bicyclic) bond motifs is 3. The summed E-state index contributed by atoms with van der Waals surface area (Å²) in [6.07, 6.45) is 0.632. The summed E-state index contributed by atoms with van der Waals surface area (Å²) in [6, 6.07) is 14.4. The minimum atomic E-state index is -0.780. The molecule has 3 aromatic rings. The first kappa shape index (κ1) is 17.5. The van der Waals surface area contributed by atoms with Crippen LogP contribution < -0.4 is 5.32 Å². The zero-order valence-electron chi connectivity index (χ0n) is 15.1. The molecule has 0 radical (unpaired) electrons. The van der Waals surface area contributed by atoms with Crippen LogP contribution in [-0.4, -0.2) is 21.7 Å². The van der Waals surface area contributed by atoms with Gasteiger partial charge >= 0.3 is 5.97 Å². The molecule has 0 saturated carbocycles. The minimum Gasteiger partial charge on any atom is -0.480 e. The number of carboxylic acid groups (broad SMARTS) is 1. The second kappa shape index (κ2) is 7.28. The van der Waals surface area contributed by atoms with Gasteiger partial charge in [-0.15, -0.1) is 0 Å². The van der Waals surface area contributed by atoms with Gasteiger partial charge in [0.1, 0.15) is 6.04 Å². The topological polar surface area (TPSA) is 54.3 Å². The molecule has 0 aliphatic carbocycles. The van der Waals surface area contributed by atoms with Crippen molar-refractivity contribution >= 4 is 27.8 Å². The Bertz CT molecular complexity index is 895. The molecule has 4 nitrogen and oxygen atoms in total. The van der Waals surface area contributed by atoms with Crippen molar-refractivity contribution in [3.05, 3.63) is 48.0 Å². The Balaban J connectivity index is 1.91. The van der Waals surface area contributed by atoms with Gasteiger partial charge in [-0.3, -0.25) is 4.79 Å². The normalized spacial score (nSPS) is 13.0. The molecule has 1 atom stereocenters. The fourth-order valence-corrected chi connectivity index (χ4v) is 3.54. The van der Waals surface area contributed by atoms with E-state index in [4.69, 9.17) is 0 Å². The fraction of sp³-hybridized carbons (Fsp3) is 0.381. The van der Waals surface area contributed by atoms with Crippen molar-refractivity contribution in [1.82, 2.24) is 9.88 Å². The maximum atomic E-state index is 11.4. The van der Waals surface area contributed by atoms with Crippen LogP contribution in [0.1, 0.15) is 32.8 Å². The summed E-state index contributed by atoms with van der Waals surface area (Å²) in [4.78, 5) is 11.4. The minimum absolute atomic E-state index is 0.346. The lowest BCUT2D eigenvalue weighted by molar-refractivity contribution is -0.140. The molecule has 3 rings (SSSR count). The van der Waals surface area contributed by atoms with E-state index in [1.165, 1.54) is 21.8 Å². The molecule has 1 heterocycles. The van der Waals surface area contributed by atoms with Crippen molar-refractivity contribution < 1.29 is 9.90 Å². The fourth-order valence-electron chi connectivity index (χ4n) is 3.54. The number of nitrogens with zero attached hydrogens (tertiary/aromatic N) is 1. The Morgan fingerprint density at radius 2 is 1.84 bits per heavy atom. The van der Waals surface area contributed by atoms with Gasteiger partial charge in [0.2, 0.25) is 0 Å². The van der Waals surface area contributed by atoms with Crippen molar-refractivity contribution in [2.75, 3.05) is 0 Å². The molecule has 132 valence electrons. The van der Waals surface area contributed by atoms with Gasteiger partial charge in [-0.25, -0.2) is 0 Å². The standard InChI is InChI=1S/C21H26N2O2/c1-4-23-19-8-6-5-7-16(19)17-12-15(9-10-20(17)23)13-22-18(21(24)25)11-14(2)3/h5-10,12,14,18,22H,4,11,13H2,1-3H3,(H,24,25)/t18-/m1/s1. The number of para-hydroxylation sites is 1. The molecule has 0 bridgehead atoms. The molecule has 0 unspecified atom stereocenters. The van der Waals surface area contributed by atoms with E-state index in [1.54, 1.807) is 0 Å². The third-order valence-corrected chi connectivity index (χ3v) is 4.71. The molecule has 25 heavy (non-hydrogen) atoms. The lowest BCUT2D eigenvalue weighted by Crippen LogP contribution is -2.37. The van der Waals surface area contributed by atoms with Gasteiger partial charge in [0.05, 0.1) is 0 Å². The quantitative estimate of drug-likeness (QED) is 0.671. The second-order valence-electron chi connectivity index (χ2n) is 7.01. The van der Waals surface area contributed by atoms with Crippen LogP contribution in [0.15, 0.2) is 42.5 Å². The van der Waals surface area contributed by atoms with E-state index in [0.29, 0.717) is 18.9 Å². The number of carbonyl (C=O) groups is 1. The summed E-state index contributed by atoms with van der Waals surface area (Å²) >= 11 is 0. The Hall–Kier alpha value is -2.33. The van der Waals surface area contributed by atoms with Gasteiger partial charge in [-0.1, -0.05) is 38.1 Å². The maximum absolute atomic E-state index is 11.4. The predicted molar refractivity (Wildman–Crippen MR) is 103 cm³/mol.